The molecule has 0 saturated heterocycles. The summed E-state index contributed by atoms with van der Waals surface area (Å²) in [6.07, 6.45) is 0. The Morgan fingerprint density at radius 3 is 2.71 bits per heavy atom. The molecular weight excluding hydrogens is 217 g/mol. The van der Waals surface area contributed by atoms with E-state index < -0.39 is 6.67 Å². The van der Waals surface area contributed by atoms with Gasteiger partial charge in [-0.15, -0.1) is 0 Å². The van der Waals surface area contributed by atoms with E-state index in [0.717, 1.165) is 5.56 Å². The number of nitrogens with zero attached hydrogens (tertiary/aromatic N) is 1. The monoisotopic (exact) mass is 229 g/mol. The lowest BCUT2D eigenvalue weighted by molar-refractivity contribution is 0.101. The summed E-state index contributed by atoms with van der Waals surface area (Å²) >= 11 is 0. The largest absolute Gasteiger partial charge is 0.293 e. The zero-order valence-electron chi connectivity index (χ0n) is 9.48. The normalized spacial score (nSPS) is 10.2. The predicted molar refractivity (Wildman–Crippen MR) is 64.5 cm³/mol. The Balaban J connectivity index is 2.45. The lowest BCUT2D eigenvalue weighted by Gasteiger charge is -2.04. The van der Waals surface area contributed by atoms with Crippen molar-refractivity contribution in [3.63, 3.8) is 0 Å². The molecule has 0 N–H and O–H groups in total. The SMILES string of the molecule is CC(=O)c1cccc(-c2cccc(CF)c2)n1. The van der Waals surface area contributed by atoms with Crippen LogP contribution in [-0.4, -0.2) is 10.8 Å². The Bertz CT molecular complexity index is 551. The summed E-state index contributed by atoms with van der Waals surface area (Å²) in [5.74, 6) is -0.0755. The molecule has 0 amide bonds. The van der Waals surface area contributed by atoms with Crippen LogP contribution in [0.2, 0.25) is 0 Å². The first-order valence-corrected chi connectivity index (χ1v) is 5.34. The molecular formula is C14H12FNO. The molecule has 2 aromatic rings. The Kier molecular flexibility index (Phi) is 3.28. The van der Waals surface area contributed by atoms with Crippen molar-refractivity contribution in [2.24, 2.45) is 0 Å². The Labute approximate surface area is 99.1 Å². The molecule has 0 aliphatic heterocycles. The summed E-state index contributed by atoms with van der Waals surface area (Å²) in [6.45, 7) is 0.977. The number of rotatable bonds is 3. The number of halogens is 1. The van der Waals surface area contributed by atoms with Crippen LogP contribution in [0.25, 0.3) is 11.3 Å². The highest BCUT2D eigenvalue weighted by atomic mass is 19.1. The molecule has 17 heavy (non-hydrogen) atoms. The molecule has 2 nitrogen and oxygen atoms in total. The molecule has 1 aromatic heterocycles. The van der Waals surface area contributed by atoms with Crippen LogP contribution in [-0.2, 0) is 6.67 Å². The topological polar surface area (TPSA) is 30.0 Å². The van der Waals surface area contributed by atoms with Crippen LogP contribution in [0.1, 0.15) is 23.0 Å². The first-order chi connectivity index (χ1) is 8.20. The van der Waals surface area contributed by atoms with Crippen LogP contribution in [0.5, 0.6) is 0 Å². The molecule has 0 spiro atoms. The van der Waals surface area contributed by atoms with Gasteiger partial charge in [-0.25, -0.2) is 9.37 Å². The van der Waals surface area contributed by atoms with Gasteiger partial charge in [0.15, 0.2) is 5.78 Å². The van der Waals surface area contributed by atoms with Gasteiger partial charge in [0.1, 0.15) is 12.4 Å². The number of ketones is 1. The fourth-order valence-electron chi connectivity index (χ4n) is 1.61. The van der Waals surface area contributed by atoms with Gasteiger partial charge in [0.2, 0.25) is 0 Å². The van der Waals surface area contributed by atoms with E-state index in [1.807, 2.05) is 12.1 Å². The summed E-state index contributed by atoms with van der Waals surface area (Å²) in [7, 11) is 0. The molecule has 0 radical (unpaired) electrons. The van der Waals surface area contributed by atoms with E-state index in [0.29, 0.717) is 17.0 Å². The third-order valence-electron chi connectivity index (χ3n) is 2.49. The number of Topliss-reactive ketones (excluding diaryl/α,β-unsaturated/α-hetero) is 1. The van der Waals surface area contributed by atoms with E-state index in [9.17, 15) is 9.18 Å². The van der Waals surface area contributed by atoms with Gasteiger partial charge in [-0.05, 0) is 23.8 Å². The molecule has 3 heteroatoms. The maximum absolute atomic E-state index is 12.6. The van der Waals surface area contributed by atoms with Crippen LogP contribution < -0.4 is 0 Å². The standard InChI is InChI=1S/C14H12FNO/c1-10(17)13-6-3-7-14(16-13)12-5-2-4-11(8-12)9-15/h2-8H,9H2,1H3. The number of pyridine rings is 1. The minimum absolute atomic E-state index is 0.0755. The molecule has 0 bridgehead atoms. The fourth-order valence-corrected chi connectivity index (χ4v) is 1.61. The second-order valence-corrected chi connectivity index (χ2v) is 3.80. The van der Waals surface area contributed by atoms with Gasteiger partial charge in [-0.3, -0.25) is 4.79 Å². The molecule has 0 aliphatic rings. The summed E-state index contributed by atoms with van der Waals surface area (Å²) < 4.78 is 12.6. The predicted octanol–water partition coefficient (Wildman–Crippen LogP) is 3.42. The van der Waals surface area contributed by atoms with E-state index in [-0.39, 0.29) is 5.78 Å². The second kappa shape index (κ2) is 4.87. The van der Waals surface area contributed by atoms with Crippen molar-refractivity contribution in [1.82, 2.24) is 4.98 Å². The van der Waals surface area contributed by atoms with E-state index in [2.05, 4.69) is 4.98 Å². The lowest BCUT2D eigenvalue weighted by Crippen LogP contribution is -1.97. The summed E-state index contributed by atoms with van der Waals surface area (Å²) in [5.41, 5.74) is 2.54. The van der Waals surface area contributed by atoms with Crippen molar-refractivity contribution in [2.75, 3.05) is 0 Å². The number of carbonyl (C=O) groups is 1. The van der Waals surface area contributed by atoms with Gasteiger partial charge in [0.05, 0.1) is 5.69 Å². The molecule has 0 fully saturated rings. The molecule has 1 heterocycles. The molecule has 0 unspecified atom stereocenters. The third kappa shape index (κ3) is 2.56. The molecule has 2 rings (SSSR count). The van der Waals surface area contributed by atoms with Crippen LogP contribution in [0.3, 0.4) is 0 Å². The fraction of sp³-hybridized carbons (Fsp3) is 0.143. The van der Waals surface area contributed by atoms with Gasteiger partial charge >= 0.3 is 0 Å². The quantitative estimate of drug-likeness (QED) is 0.755. The Hall–Kier alpha value is -2.03. The highest BCUT2D eigenvalue weighted by molar-refractivity contribution is 5.92. The van der Waals surface area contributed by atoms with Gasteiger partial charge in [0, 0.05) is 12.5 Å². The van der Waals surface area contributed by atoms with E-state index in [4.69, 9.17) is 0 Å². The summed E-state index contributed by atoms with van der Waals surface area (Å²) in [5, 5.41) is 0. The highest BCUT2D eigenvalue weighted by Crippen LogP contribution is 2.19. The number of carbonyl (C=O) groups excluding carboxylic acids is 1. The molecule has 0 atom stereocenters. The van der Waals surface area contributed by atoms with Gasteiger partial charge in [-0.2, -0.15) is 0 Å². The molecule has 1 aromatic carbocycles. The van der Waals surface area contributed by atoms with Crippen molar-refractivity contribution in [3.05, 3.63) is 53.7 Å². The Morgan fingerprint density at radius 1 is 1.24 bits per heavy atom. The number of alkyl halides is 1. The van der Waals surface area contributed by atoms with Crippen LogP contribution >= 0.6 is 0 Å². The van der Waals surface area contributed by atoms with Crippen molar-refractivity contribution in [1.29, 1.82) is 0 Å². The van der Waals surface area contributed by atoms with Crippen molar-refractivity contribution >= 4 is 5.78 Å². The van der Waals surface area contributed by atoms with Gasteiger partial charge < -0.3 is 0 Å². The zero-order valence-corrected chi connectivity index (χ0v) is 9.48. The lowest BCUT2D eigenvalue weighted by atomic mass is 10.1. The smallest absolute Gasteiger partial charge is 0.178 e. The van der Waals surface area contributed by atoms with Crippen LogP contribution in [0.15, 0.2) is 42.5 Å². The number of hydrogen-bond acceptors (Lipinski definition) is 2. The van der Waals surface area contributed by atoms with Crippen LogP contribution in [0, 0.1) is 0 Å². The second-order valence-electron chi connectivity index (χ2n) is 3.80. The molecule has 86 valence electrons. The maximum Gasteiger partial charge on any atom is 0.178 e. The average Bonchev–Trinajstić information content (AvgIpc) is 2.39. The van der Waals surface area contributed by atoms with Gasteiger partial charge in [0.25, 0.3) is 0 Å². The highest BCUT2D eigenvalue weighted by Gasteiger charge is 2.04. The van der Waals surface area contributed by atoms with E-state index >= 15 is 0 Å². The summed E-state index contributed by atoms with van der Waals surface area (Å²) in [6, 6.07) is 12.4. The van der Waals surface area contributed by atoms with Crippen molar-refractivity contribution in [2.45, 2.75) is 13.6 Å². The number of benzene rings is 1. The zero-order chi connectivity index (χ0) is 12.3. The minimum atomic E-state index is -0.500. The van der Waals surface area contributed by atoms with Gasteiger partial charge in [-0.1, -0.05) is 24.3 Å². The number of aromatic nitrogens is 1. The first-order valence-electron chi connectivity index (χ1n) is 5.34. The first kappa shape index (κ1) is 11.5. The van der Waals surface area contributed by atoms with Crippen molar-refractivity contribution in [3.8, 4) is 11.3 Å². The maximum atomic E-state index is 12.6. The summed E-state index contributed by atoms with van der Waals surface area (Å²) in [4.78, 5) is 15.5. The Morgan fingerprint density at radius 2 is 2.00 bits per heavy atom. The number of hydrogen-bond donors (Lipinski definition) is 0. The molecule has 0 saturated carbocycles. The van der Waals surface area contributed by atoms with Crippen molar-refractivity contribution < 1.29 is 9.18 Å². The minimum Gasteiger partial charge on any atom is -0.293 e. The molecule has 0 aliphatic carbocycles. The van der Waals surface area contributed by atoms with Crippen LogP contribution in [0.4, 0.5) is 4.39 Å². The average molecular weight is 229 g/mol. The third-order valence-corrected chi connectivity index (χ3v) is 2.49. The van der Waals surface area contributed by atoms with E-state index in [1.165, 1.54) is 6.92 Å². The van der Waals surface area contributed by atoms with E-state index in [1.54, 1.807) is 30.3 Å².